The van der Waals surface area contributed by atoms with Crippen LogP contribution in [0.5, 0.6) is 0 Å². The van der Waals surface area contributed by atoms with Crippen LogP contribution in [0.25, 0.3) is 5.57 Å². The van der Waals surface area contributed by atoms with Crippen molar-refractivity contribution in [3.63, 3.8) is 0 Å². The van der Waals surface area contributed by atoms with Crippen molar-refractivity contribution in [1.29, 1.82) is 5.26 Å². The predicted molar refractivity (Wildman–Crippen MR) is 55.0 cm³/mol. The molecule has 0 unspecified atom stereocenters. The Morgan fingerprint density at radius 2 is 2.00 bits per heavy atom. The standard InChI is InChI=1S/C12H11N/c1-3-4-10(2)12-7-5-11(9-13)6-8-12/h3,5-8H,1-2,4H2. The summed E-state index contributed by atoms with van der Waals surface area (Å²) in [6, 6.07) is 9.48. The Kier molecular flexibility index (Phi) is 3.05. The van der Waals surface area contributed by atoms with E-state index in [1.54, 1.807) is 12.1 Å². The zero-order valence-corrected chi connectivity index (χ0v) is 7.46. The van der Waals surface area contributed by atoms with E-state index in [1.165, 1.54) is 0 Å². The zero-order chi connectivity index (χ0) is 9.68. The molecule has 0 saturated carbocycles. The summed E-state index contributed by atoms with van der Waals surface area (Å²) in [6.07, 6.45) is 2.60. The zero-order valence-electron chi connectivity index (χ0n) is 7.46. The van der Waals surface area contributed by atoms with E-state index in [0.29, 0.717) is 5.56 Å². The molecule has 1 heteroatoms. The molecule has 1 nitrogen and oxygen atoms in total. The van der Waals surface area contributed by atoms with Crippen LogP contribution in [0.15, 0.2) is 43.5 Å². The average molecular weight is 169 g/mol. The second-order valence-corrected chi connectivity index (χ2v) is 2.79. The van der Waals surface area contributed by atoms with Crippen molar-refractivity contribution in [3.05, 3.63) is 54.6 Å². The first-order valence-corrected chi connectivity index (χ1v) is 4.07. The molecule has 64 valence electrons. The highest BCUT2D eigenvalue weighted by Gasteiger charge is 1.96. The Hall–Kier alpha value is -1.81. The van der Waals surface area contributed by atoms with Gasteiger partial charge < -0.3 is 0 Å². The second kappa shape index (κ2) is 4.27. The quantitative estimate of drug-likeness (QED) is 0.637. The van der Waals surface area contributed by atoms with Crippen molar-refractivity contribution < 1.29 is 0 Å². The van der Waals surface area contributed by atoms with Gasteiger partial charge in [-0.3, -0.25) is 0 Å². The maximum Gasteiger partial charge on any atom is 0.0991 e. The van der Waals surface area contributed by atoms with E-state index in [4.69, 9.17) is 5.26 Å². The van der Waals surface area contributed by atoms with Gasteiger partial charge >= 0.3 is 0 Å². The van der Waals surface area contributed by atoms with E-state index in [1.807, 2.05) is 18.2 Å². The largest absolute Gasteiger partial charge is 0.192 e. The predicted octanol–water partition coefficient (Wildman–Crippen LogP) is 3.15. The van der Waals surface area contributed by atoms with Gasteiger partial charge in [-0.25, -0.2) is 0 Å². The Morgan fingerprint density at radius 1 is 1.38 bits per heavy atom. The first-order valence-electron chi connectivity index (χ1n) is 4.07. The molecule has 1 aromatic carbocycles. The summed E-state index contributed by atoms with van der Waals surface area (Å²) < 4.78 is 0. The lowest BCUT2D eigenvalue weighted by Gasteiger charge is -2.01. The molecule has 0 aliphatic rings. The topological polar surface area (TPSA) is 23.8 Å². The van der Waals surface area contributed by atoms with Crippen LogP contribution in [0.2, 0.25) is 0 Å². The van der Waals surface area contributed by atoms with Gasteiger partial charge in [0.25, 0.3) is 0 Å². The Bertz CT molecular complexity index is 352. The van der Waals surface area contributed by atoms with Crippen molar-refractivity contribution >= 4 is 5.57 Å². The number of allylic oxidation sites excluding steroid dienone is 2. The van der Waals surface area contributed by atoms with E-state index in [9.17, 15) is 0 Å². The molecular formula is C12H11N. The van der Waals surface area contributed by atoms with Gasteiger partial charge in [-0.05, 0) is 29.7 Å². The molecule has 0 radical (unpaired) electrons. The fourth-order valence-electron chi connectivity index (χ4n) is 1.07. The summed E-state index contributed by atoms with van der Waals surface area (Å²) in [5.41, 5.74) is 2.77. The minimum absolute atomic E-state index is 0.676. The molecule has 0 amide bonds. The smallest absolute Gasteiger partial charge is 0.0991 e. The number of rotatable bonds is 3. The van der Waals surface area contributed by atoms with Crippen LogP contribution in [-0.4, -0.2) is 0 Å². The van der Waals surface area contributed by atoms with Crippen molar-refractivity contribution in [2.75, 3.05) is 0 Å². The highest BCUT2D eigenvalue weighted by atomic mass is 14.2. The number of nitrogens with zero attached hydrogens (tertiary/aromatic N) is 1. The first-order chi connectivity index (χ1) is 6.27. The van der Waals surface area contributed by atoms with E-state index in [0.717, 1.165) is 17.6 Å². The van der Waals surface area contributed by atoms with Gasteiger partial charge in [0.2, 0.25) is 0 Å². The van der Waals surface area contributed by atoms with Crippen LogP contribution >= 0.6 is 0 Å². The molecule has 0 N–H and O–H groups in total. The molecule has 1 aromatic rings. The first kappa shape index (κ1) is 9.28. The maximum absolute atomic E-state index is 8.58. The molecule has 0 aliphatic heterocycles. The van der Waals surface area contributed by atoms with E-state index < -0.39 is 0 Å². The fraction of sp³-hybridized carbons (Fsp3) is 0.0833. The molecule has 13 heavy (non-hydrogen) atoms. The minimum atomic E-state index is 0.676. The lowest BCUT2D eigenvalue weighted by Crippen LogP contribution is -1.81. The van der Waals surface area contributed by atoms with E-state index >= 15 is 0 Å². The molecule has 1 rings (SSSR count). The average Bonchev–Trinajstić information content (AvgIpc) is 2.18. The summed E-state index contributed by atoms with van der Waals surface area (Å²) >= 11 is 0. The summed E-state index contributed by atoms with van der Waals surface area (Å²) in [5, 5.41) is 8.58. The Balaban J connectivity index is 2.87. The Labute approximate surface area is 78.6 Å². The molecule has 0 heterocycles. The third-order valence-electron chi connectivity index (χ3n) is 1.81. The molecule has 0 atom stereocenters. The van der Waals surface area contributed by atoms with Gasteiger partial charge in [-0.2, -0.15) is 5.26 Å². The van der Waals surface area contributed by atoms with Gasteiger partial charge in [-0.1, -0.05) is 24.8 Å². The van der Waals surface area contributed by atoms with Crippen LogP contribution in [0.3, 0.4) is 0 Å². The summed E-state index contributed by atoms with van der Waals surface area (Å²) in [6.45, 7) is 7.56. The van der Waals surface area contributed by atoms with Gasteiger partial charge in [-0.15, -0.1) is 6.58 Å². The van der Waals surface area contributed by atoms with Gasteiger partial charge in [0.05, 0.1) is 11.6 Å². The molecule has 0 fully saturated rings. The molecular weight excluding hydrogens is 158 g/mol. The second-order valence-electron chi connectivity index (χ2n) is 2.79. The number of nitriles is 1. The van der Waals surface area contributed by atoms with Crippen LogP contribution in [0.1, 0.15) is 17.5 Å². The van der Waals surface area contributed by atoms with Gasteiger partial charge in [0.1, 0.15) is 0 Å². The van der Waals surface area contributed by atoms with Crippen molar-refractivity contribution in [2.24, 2.45) is 0 Å². The summed E-state index contributed by atoms with van der Waals surface area (Å²) in [7, 11) is 0. The van der Waals surface area contributed by atoms with Crippen LogP contribution in [0, 0.1) is 11.3 Å². The molecule has 0 aliphatic carbocycles. The van der Waals surface area contributed by atoms with Crippen molar-refractivity contribution in [2.45, 2.75) is 6.42 Å². The molecule has 0 saturated heterocycles. The summed E-state index contributed by atoms with van der Waals surface area (Å²) in [5.74, 6) is 0. The van der Waals surface area contributed by atoms with E-state index in [2.05, 4.69) is 19.2 Å². The third kappa shape index (κ3) is 2.31. The number of benzene rings is 1. The van der Waals surface area contributed by atoms with Crippen molar-refractivity contribution in [3.8, 4) is 6.07 Å². The monoisotopic (exact) mass is 169 g/mol. The molecule has 0 spiro atoms. The van der Waals surface area contributed by atoms with Crippen molar-refractivity contribution in [1.82, 2.24) is 0 Å². The Morgan fingerprint density at radius 3 is 2.46 bits per heavy atom. The van der Waals surface area contributed by atoms with Gasteiger partial charge in [0, 0.05) is 0 Å². The van der Waals surface area contributed by atoms with E-state index in [-0.39, 0.29) is 0 Å². The van der Waals surface area contributed by atoms with Gasteiger partial charge in [0.15, 0.2) is 0 Å². The fourth-order valence-corrected chi connectivity index (χ4v) is 1.07. The lowest BCUT2D eigenvalue weighted by molar-refractivity contribution is 1.40. The maximum atomic E-state index is 8.58. The third-order valence-corrected chi connectivity index (χ3v) is 1.81. The SMILES string of the molecule is C=CCC(=C)c1ccc(C#N)cc1. The minimum Gasteiger partial charge on any atom is -0.192 e. The summed E-state index contributed by atoms with van der Waals surface area (Å²) in [4.78, 5) is 0. The molecule has 0 aromatic heterocycles. The van der Waals surface area contributed by atoms with Crippen LogP contribution < -0.4 is 0 Å². The highest BCUT2D eigenvalue weighted by Crippen LogP contribution is 2.16. The normalized spacial score (nSPS) is 8.85. The highest BCUT2D eigenvalue weighted by molar-refractivity contribution is 5.64. The number of hydrogen-bond acceptors (Lipinski definition) is 1. The lowest BCUT2D eigenvalue weighted by atomic mass is 10.0. The number of hydrogen-bond donors (Lipinski definition) is 0. The van der Waals surface area contributed by atoms with Crippen LogP contribution in [-0.2, 0) is 0 Å². The van der Waals surface area contributed by atoms with Crippen LogP contribution in [0.4, 0.5) is 0 Å². The molecule has 0 bridgehead atoms.